The molecule has 8 nitrogen and oxygen atoms in total. The number of hydrogen-bond acceptors (Lipinski definition) is 6. The summed E-state index contributed by atoms with van der Waals surface area (Å²) in [4.78, 5) is 25.0. The number of amides is 1. The van der Waals surface area contributed by atoms with Gasteiger partial charge in [-0.05, 0) is 6.42 Å². The molecule has 0 radical (unpaired) electrons. The SMILES string of the molecule is CCCCCCCCCCCCCC(=O)NS(=O)(=O)c1cncc([N+](=O)[O-])c1. The van der Waals surface area contributed by atoms with Crippen molar-refractivity contribution in [2.45, 2.75) is 88.9 Å². The molecule has 0 aliphatic heterocycles. The monoisotopic (exact) mass is 413 g/mol. The van der Waals surface area contributed by atoms with Crippen molar-refractivity contribution in [2.75, 3.05) is 0 Å². The molecule has 1 heterocycles. The van der Waals surface area contributed by atoms with E-state index < -0.39 is 31.4 Å². The molecule has 1 aromatic rings. The van der Waals surface area contributed by atoms with E-state index in [9.17, 15) is 23.3 Å². The van der Waals surface area contributed by atoms with Gasteiger partial charge in [0, 0.05) is 18.7 Å². The number of unbranched alkanes of at least 4 members (excludes halogenated alkanes) is 10. The van der Waals surface area contributed by atoms with Crippen LogP contribution in [0.2, 0.25) is 0 Å². The molecule has 1 rings (SSSR count). The van der Waals surface area contributed by atoms with Gasteiger partial charge in [-0.15, -0.1) is 0 Å². The molecule has 0 atom stereocenters. The summed E-state index contributed by atoms with van der Waals surface area (Å²) in [6.07, 6.45) is 14.6. The molecule has 9 heteroatoms. The summed E-state index contributed by atoms with van der Waals surface area (Å²) in [5.41, 5.74) is -0.444. The van der Waals surface area contributed by atoms with Gasteiger partial charge in [0.15, 0.2) is 0 Å². The van der Waals surface area contributed by atoms with Gasteiger partial charge >= 0.3 is 0 Å². The quantitative estimate of drug-likeness (QED) is 0.257. The van der Waals surface area contributed by atoms with Crippen LogP contribution < -0.4 is 4.72 Å². The Kier molecular flexibility index (Phi) is 11.3. The highest BCUT2D eigenvalue weighted by atomic mass is 32.2. The first-order valence-electron chi connectivity index (χ1n) is 10.0. The van der Waals surface area contributed by atoms with Crippen molar-refractivity contribution in [3.05, 3.63) is 28.6 Å². The number of carbonyl (C=O) groups is 1. The van der Waals surface area contributed by atoms with Crippen LogP contribution in [-0.4, -0.2) is 24.2 Å². The molecule has 1 N–H and O–H groups in total. The van der Waals surface area contributed by atoms with Crippen LogP contribution in [0.4, 0.5) is 5.69 Å². The molecular formula is C19H31N3O5S. The Morgan fingerprint density at radius 3 is 2.07 bits per heavy atom. The lowest BCUT2D eigenvalue weighted by Gasteiger charge is -2.06. The summed E-state index contributed by atoms with van der Waals surface area (Å²) < 4.78 is 26.2. The molecule has 28 heavy (non-hydrogen) atoms. The summed E-state index contributed by atoms with van der Waals surface area (Å²) in [6, 6.07) is 0.880. The average Bonchev–Trinajstić information content (AvgIpc) is 2.65. The van der Waals surface area contributed by atoms with Crippen LogP contribution in [0.5, 0.6) is 0 Å². The van der Waals surface area contributed by atoms with Crippen molar-refractivity contribution in [2.24, 2.45) is 0 Å². The second-order valence-corrected chi connectivity index (χ2v) is 8.63. The number of nitrogens with one attached hydrogen (secondary N) is 1. The van der Waals surface area contributed by atoms with E-state index in [0.717, 1.165) is 37.7 Å². The van der Waals surface area contributed by atoms with E-state index in [4.69, 9.17) is 0 Å². The fraction of sp³-hybridized carbons (Fsp3) is 0.684. The van der Waals surface area contributed by atoms with Crippen LogP contribution in [0.3, 0.4) is 0 Å². The van der Waals surface area contributed by atoms with E-state index in [-0.39, 0.29) is 6.42 Å². The molecule has 0 saturated carbocycles. The third-order valence-corrected chi connectivity index (χ3v) is 5.82. The molecule has 0 aromatic carbocycles. The van der Waals surface area contributed by atoms with Gasteiger partial charge in [0.05, 0.1) is 4.92 Å². The zero-order valence-electron chi connectivity index (χ0n) is 16.6. The summed E-state index contributed by atoms with van der Waals surface area (Å²) >= 11 is 0. The Balaban J connectivity index is 2.21. The zero-order valence-corrected chi connectivity index (χ0v) is 17.4. The standard InChI is InChI=1S/C19H31N3O5S/c1-2-3-4-5-6-7-8-9-10-11-12-13-19(23)21-28(26,27)18-14-17(22(24)25)15-20-16-18/h14-16H,2-13H2,1H3,(H,21,23). The number of nitro groups is 1. The molecule has 0 fully saturated rings. The number of nitrogens with zero attached hydrogens (tertiary/aromatic N) is 2. The van der Waals surface area contributed by atoms with Gasteiger partial charge in [-0.2, -0.15) is 0 Å². The Bertz CT molecular complexity index is 722. The highest BCUT2D eigenvalue weighted by Gasteiger charge is 2.20. The first kappa shape index (κ1) is 24.0. The lowest BCUT2D eigenvalue weighted by atomic mass is 10.1. The maximum atomic E-state index is 12.1. The van der Waals surface area contributed by atoms with Gasteiger partial charge < -0.3 is 0 Å². The van der Waals surface area contributed by atoms with E-state index in [1.807, 2.05) is 4.72 Å². The molecule has 0 spiro atoms. The van der Waals surface area contributed by atoms with Crippen molar-refractivity contribution < 1.29 is 18.1 Å². The third kappa shape index (κ3) is 9.77. The second-order valence-electron chi connectivity index (χ2n) is 6.95. The number of rotatable bonds is 15. The van der Waals surface area contributed by atoms with Crippen LogP contribution in [0.15, 0.2) is 23.4 Å². The molecule has 0 aliphatic rings. The fourth-order valence-electron chi connectivity index (χ4n) is 2.86. The molecule has 0 saturated heterocycles. The van der Waals surface area contributed by atoms with E-state index in [1.54, 1.807) is 0 Å². The van der Waals surface area contributed by atoms with Crippen LogP contribution in [-0.2, 0) is 14.8 Å². The normalized spacial score (nSPS) is 11.3. The first-order valence-corrected chi connectivity index (χ1v) is 11.5. The van der Waals surface area contributed by atoms with Crippen molar-refractivity contribution in [3.8, 4) is 0 Å². The van der Waals surface area contributed by atoms with Gasteiger partial charge in [0.1, 0.15) is 11.1 Å². The van der Waals surface area contributed by atoms with Crippen molar-refractivity contribution >= 4 is 21.6 Å². The number of sulfonamides is 1. The van der Waals surface area contributed by atoms with Gasteiger partial charge in [0.25, 0.3) is 15.7 Å². The Hall–Kier alpha value is -2.03. The summed E-state index contributed by atoms with van der Waals surface area (Å²) in [6.45, 7) is 2.21. The Morgan fingerprint density at radius 1 is 1.00 bits per heavy atom. The average molecular weight is 414 g/mol. The van der Waals surface area contributed by atoms with E-state index in [2.05, 4.69) is 11.9 Å². The van der Waals surface area contributed by atoms with E-state index >= 15 is 0 Å². The maximum absolute atomic E-state index is 12.1. The van der Waals surface area contributed by atoms with Crippen LogP contribution in [0.25, 0.3) is 0 Å². The van der Waals surface area contributed by atoms with Gasteiger partial charge in [-0.25, -0.2) is 13.1 Å². The van der Waals surface area contributed by atoms with Crippen molar-refractivity contribution in [3.63, 3.8) is 0 Å². The minimum absolute atomic E-state index is 0.110. The zero-order chi connectivity index (χ0) is 20.8. The first-order chi connectivity index (χ1) is 13.4. The van der Waals surface area contributed by atoms with E-state index in [0.29, 0.717) is 6.42 Å². The Morgan fingerprint density at radius 2 is 1.54 bits per heavy atom. The Labute approximate surface area is 167 Å². The molecule has 0 bridgehead atoms. The van der Waals surface area contributed by atoms with Crippen molar-refractivity contribution in [1.29, 1.82) is 0 Å². The second kappa shape index (κ2) is 13.2. The number of hydrogen-bond donors (Lipinski definition) is 1. The van der Waals surface area contributed by atoms with E-state index in [1.165, 1.54) is 44.9 Å². The number of aromatic nitrogens is 1. The third-order valence-electron chi connectivity index (χ3n) is 4.48. The number of pyridine rings is 1. The summed E-state index contributed by atoms with van der Waals surface area (Å²) in [5.74, 6) is -0.609. The lowest BCUT2D eigenvalue weighted by Crippen LogP contribution is -2.30. The molecule has 1 amide bonds. The van der Waals surface area contributed by atoms with Gasteiger partial charge in [-0.3, -0.25) is 19.9 Å². The van der Waals surface area contributed by atoms with Crippen LogP contribution in [0.1, 0.15) is 84.0 Å². The maximum Gasteiger partial charge on any atom is 0.288 e. The predicted molar refractivity (Wildman–Crippen MR) is 107 cm³/mol. The molecular weight excluding hydrogens is 382 g/mol. The van der Waals surface area contributed by atoms with Crippen LogP contribution in [0, 0.1) is 10.1 Å². The van der Waals surface area contributed by atoms with Gasteiger partial charge in [0.2, 0.25) is 5.91 Å². The lowest BCUT2D eigenvalue weighted by molar-refractivity contribution is -0.385. The molecule has 158 valence electrons. The van der Waals surface area contributed by atoms with Crippen LogP contribution >= 0.6 is 0 Å². The molecule has 0 unspecified atom stereocenters. The summed E-state index contributed by atoms with van der Waals surface area (Å²) in [5, 5.41) is 10.7. The minimum atomic E-state index is -4.15. The minimum Gasteiger partial charge on any atom is -0.274 e. The molecule has 1 aromatic heterocycles. The van der Waals surface area contributed by atoms with Crippen molar-refractivity contribution in [1.82, 2.24) is 9.71 Å². The fourth-order valence-corrected chi connectivity index (χ4v) is 3.86. The summed E-state index contributed by atoms with van der Waals surface area (Å²) in [7, 11) is -4.15. The topological polar surface area (TPSA) is 119 Å². The largest absolute Gasteiger partial charge is 0.288 e. The predicted octanol–water partition coefficient (Wildman–Crippen LogP) is 4.50. The highest BCUT2D eigenvalue weighted by Crippen LogP contribution is 2.16. The number of carbonyl (C=O) groups excluding carboxylic acids is 1. The highest BCUT2D eigenvalue weighted by molar-refractivity contribution is 7.90. The van der Waals surface area contributed by atoms with Gasteiger partial charge in [-0.1, -0.05) is 71.1 Å². The smallest absolute Gasteiger partial charge is 0.274 e. The molecule has 0 aliphatic carbocycles.